The molecular formula is C29H36O5. The average molecular weight is 465 g/mol. The third-order valence-corrected chi connectivity index (χ3v) is 5.14. The SMILES string of the molecule is C=C(C(=O)c1cccc(CC=C(C)C)c1OCOC)c1cccc(CC=C(C)C)c1OCOC. The van der Waals surface area contributed by atoms with E-state index in [1.165, 1.54) is 11.1 Å². The Hall–Kier alpha value is -3.15. The molecule has 0 fully saturated rings. The minimum absolute atomic E-state index is 0.0407. The number of para-hydroxylation sites is 2. The molecule has 0 unspecified atom stereocenters. The van der Waals surface area contributed by atoms with Crippen molar-refractivity contribution >= 4 is 11.4 Å². The van der Waals surface area contributed by atoms with E-state index in [9.17, 15) is 4.79 Å². The Bertz CT molecular complexity index is 969. The lowest BCUT2D eigenvalue weighted by molar-refractivity contribution is 0.0495. The predicted molar refractivity (Wildman–Crippen MR) is 138 cm³/mol. The van der Waals surface area contributed by atoms with E-state index < -0.39 is 0 Å². The molecule has 2 aromatic rings. The topological polar surface area (TPSA) is 54.0 Å². The van der Waals surface area contributed by atoms with Gasteiger partial charge in [0.25, 0.3) is 0 Å². The zero-order valence-corrected chi connectivity index (χ0v) is 21.2. The summed E-state index contributed by atoms with van der Waals surface area (Å²) in [6, 6.07) is 11.3. The maximum absolute atomic E-state index is 13.7. The second kappa shape index (κ2) is 13.5. The van der Waals surface area contributed by atoms with E-state index in [4.69, 9.17) is 18.9 Å². The monoisotopic (exact) mass is 464 g/mol. The first-order valence-corrected chi connectivity index (χ1v) is 11.3. The summed E-state index contributed by atoms with van der Waals surface area (Å²) in [5.41, 5.74) is 5.65. The highest BCUT2D eigenvalue weighted by Crippen LogP contribution is 2.35. The van der Waals surface area contributed by atoms with E-state index >= 15 is 0 Å². The number of carbonyl (C=O) groups is 1. The number of allylic oxidation sites excluding steroid dienone is 5. The summed E-state index contributed by atoms with van der Waals surface area (Å²) in [4.78, 5) is 13.7. The maximum atomic E-state index is 13.7. The minimum atomic E-state index is -0.230. The van der Waals surface area contributed by atoms with Crippen LogP contribution in [0.2, 0.25) is 0 Å². The number of ether oxygens (including phenoxy) is 4. The number of ketones is 1. The van der Waals surface area contributed by atoms with Crippen LogP contribution in [-0.2, 0) is 22.3 Å². The summed E-state index contributed by atoms with van der Waals surface area (Å²) in [6.45, 7) is 12.4. The third-order valence-electron chi connectivity index (χ3n) is 5.14. The molecule has 0 radical (unpaired) electrons. The molecule has 34 heavy (non-hydrogen) atoms. The Labute approximate surface area is 203 Å². The maximum Gasteiger partial charge on any atom is 0.196 e. The fourth-order valence-corrected chi connectivity index (χ4v) is 3.40. The van der Waals surface area contributed by atoms with Crippen molar-refractivity contribution in [3.8, 4) is 11.5 Å². The molecule has 0 saturated carbocycles. The highest BCUT2D eigenvalue weighted by Gasteiger charge is 2.23. The summed E-state index contributed by atoms with van der Waals surface area (Å²) < 4.78 is 22.0. The van der Waals surface area contributed by atoms with Crippen LogP contribution in [0.1, 0.15) is 54.7 Å². The Kier molecular flexibility index (Phi) is 10.8. The molecule has 0 aliphatic carbocycles. The molecule has 0 aliphatic rings. The smallest absolute Gasteiger partial charge is 0.196 e. The van der Waals surface area contributed by atoms with Gasteiger partial charge in [-0.05, 0) is 57.7 Å². The molecule has 0 atom stereocenters. The molecule has 0 heterocycles. The van der Waals surface area contributed by atoms with Crippen molar-refractivity contribution in [2.75, 3.05) is 27.8 Å². The number of methoxy groups -OCH3 is 2. The van der Waals surface area contributed by atoms with E-state index in [0.29, 0.717) is 41.0 Å². The zero-order chi connectivity index (χ0) is 25.1. The third kappa shape index (κ3) is 7.44. The standard InChI is InChI=1S/C29H36O5/c1-20(2)14-16-23-10-8-12-25(28(23)33-18-31-6)22(5)27(30)26-13-9-11-24(17-15-21(3)4)29(26)34-19-32-7/h8-15H,5,16-19H2,1-4,6-7H3. The lowest BCUT2D eigenvalue weighted by Gasteiger charge is -2.18. The van der Waals surface area contributed by atoms with Crippen molar-refractivity contribution in [2.45, 2.75) is 40.5 Å². The first-order chi connectivity index (χ1) is 16.3. The van der Waals surface area contributed by atoms with Gasteiger partial charge in [-0.1, -0.05) is 60.2 Å². The fraction of sp³-hybridized carbons (Fsp3) is 0.345. The first kappa shape index (κ1) is 27.1. The van der Waals surface area contributed by atoms with Crippen molar-refractivity contribution in [3.05, 3.63) is 88.5 Å². The molecule has 0 N–H and O–H groups in total. The number of hydrogen-bond donors (Lipinski definition) is 0. The molecular weight excluding hydrogens is 428 g/mol. The number of rotatable bonds is 13. The van der Waals surface area contributed by atoms with Crippen LogP contribution >= 0.6 is 0 Å². The Balaban J connectivity index is 2.53. The van der Waals surface area contributed by atoms with Gasteiger partial charge in [-0.25, -0.2) is 0 Å². The number of Topliss-reactive ketones (excluding diaryl/α,β-unsaturated/α-hetero) is 1. The minimum Gasteiger partial charge on any atom is -0.467 e. The van der Waals surface area contributed by atoms with Gasteiger partial charge in [0.15, 0.2) is 19.4 Å². The van der Waals surface area contributed by atoms with E-state index in [-0.39, 0.29) is 19.4 Å². The van der Waals surface area contributed by atoms with Gasteiger partial charge in [-0.3, -0.25) is 4.79 Å². The molecule has 0 amide bonds. The lowest BCUT2D eigenvalue weighted by atomic mass is 9.93. The van der Waals surface area contributed by atoms with Crippen LogP contribution < -0.4 is 9.47 Å². The second-order valence-electron chi connectivity index (χ2n) is 8.47. The summed E-state index contributed by atoms with van der Waals surface area (Å²) in [6.07, 6.45) is 5.54. The molecule has 0 saturated heterocycles. The van der Waals surface area contributed by atoms with Gasteiger partial charge in [0.2, 0.25) is 0 Å². The van der Waals surface area contributed by atoms with E-state index in [1.807, 2.05) is 58.0 Å². The van der Waals surface area contributed by atoms with Gasteiger partial charge >= 0.3 is 0 Å². The van der Waals surface area contributed by atoms with Crippen molar-refractivity contribution in [2.24, 2.45) is 0 Å². The van der Waals surface area contributed by atoms with Crippen LogP contribution in [0.25, 0.3) is 5.57 Å². The van der Waals surface area contributed by atoms with Gasteiger partial charge < -0.3 is 18.9 Å². The summed E-state index contributed by atoms with van der Waals surface area (Å²) in [5, 5.41) is 0. The lowest BCUT2D eigenvalue weighted by Crippen LogP contribution is -2.11. The van der Waals surface area contributed by atoms with Crippen LogP contribution in [0.3, 0.4) is 0 Å². The van der Waals surface area contributed by atoms with Gasteiger partial charge in [-0.2, -0.15) is 0 Å². The average Bonchev–Trinajstić information content (AvgIpc) is 2.82. The first-order valence-electron chi connectivity index (χ1n) is 11.3. The van der Waals surface area contributed by atoms with Crippen molar-refractivity contribution in [3.63, 3.8) is 0 Å². The molecule has 5 heteroatoms. The molecule has 0 spiro atoms. The number of hydrogen-bond acceptors (Lipinski definition) is 5. The molecule has 2 rings (SSSR count). The fourth-order valence-electron chi connectivity index (χ4n) is 3.40. The summed E-state index contributed by atoms with van der Waals surface area (Å²) in [5.74, 6) is 0.875. The molecule has 182 valence electrons. The van der Waals surface area contributed by atoms with Crippen LogP contribution in [0, 0.1) is 0 Å². The van der Waals surface area contributed by atoms with Gasteiger partial charge in [0, 0.05) is 25.4 Å². The van der Waals surface area contributed by atoms with Gasteiger partial charge in [0.05, 0.1) is 5.56 Å². The van der Waals surface area contributed by atoms with E-state index in [0.717, 1.165) is 11.1 Å². The molecule has 2 aromatic carbocycles. The second-order valence-corrected chi connectivity index (χ2v) is 8.47. The number of benzene rings is 2. The van der Waals surface area contributed by atoms with Gasteiger partial charge in [-0.15, -0.1) is 0 Å². The Morgan fingerprint density at radius 1 is 0.765 bits per heavy atom. The molecule has 5 nitrogen and oxygen atoms in total. The summed E-state index contributed by atoms with van der Waals surface area (Å²) >= 11 is 0. The van der Waals surface area contributed by atoms with Crippen molar-refractivity contribution in [1.29, 1.82) is 0 Å². The Morgan fingerprint density at radius 3 is 1.65 bits per heavy atom. The predicted octanol–water partition coefficient (Wildman–Crippen LogP) is 6.57. The highest BCUT2D eigenvalue weighted by molar-refractivity contribution is 6.29. The van der Waals surface area contributed by atoms with E-state index in [2.05, 4.69) is 18.7 Å². The van der Waals surface area contributed by atoms with E-state index in [1.54, 1.807) is 20.3 Å². The highest BCUT2D eigenvalue weighted by atomic mass is 16.7. The van der Waals surface area contributed by atoms with Crippen LogP contribution in [0.4, 0.5) is 0 Å². The quantitative estimate of drug-likeness (QED) is 0.145. The van der Waals surface area contributed by atoms with Crippen LogP contribution in [-0.4, -0.2) is 33.6 Å². The molecule has 0 bridgehead atoms. The zero-order valence-electron chi connectivity index (χ0n) is 21.2. The summed E-state index contributed by atoms with van der Waals surface area (Å²) in [7, 11) is 3.12. The Morgan fingerprint density at radius 2 is 1.21 bits per heavy atom. The largest absolute Gasteiger partial charge is 0.467 e. The normalized spacial score (nSPS) is 10.4. The number of carbonyl (C=O) groups excluding carboxylic acids is 1. The molecule has 0 aliphatic heterocycles. The van der Waals surface area contributed by atoms with Crippen LogP contribution in [0.15, 0.2) is 66.3 Å². The van der Waals surface area contributed by atoms with Crippen molar-refractivity contribution in [1.82, 2.24) is 0 Å². The van der Waals surface area contributed by atoms with Gasteiger partial charge in [0.1, 0.15) is 11.5 Å². The van der Waals surface area contributed by atoms with Crippen molar-refractivity contribution < 1.29 is 23.7 Å². The van der Waals surface area contributed by atoms with Crippen LogP contribution in [0.5, 0.6) is 11.5 Å². The molecule has 0 aromatic heterocycles.